The van der Waals surface area contributed by atoms with E-state index in [0.717, 1.165) is 9.47 Å². The molecule has 1 radical (unpaired) electrons. The van der Waals surface area contributed by atoms with Crippen molar-refractivity contribution >= 4 is 11.9 Å². The second kappa shape index (κ2) is 5.11. The molecule has 22 heavy (non-hydrogen) atoms. The van der Waals surface area contributed by atoms with E-state index in [-0.39, 0.29) is 12.3 Å². The molecule has 119 valence electrons. The van der Waals surface area contributed by atoms with Crippen molar-refractivity contribution in [2.75, 3.05) is 14.1 Å². The normalized spacial score (nSPS) is 22.4. The molecule has 0 saturated carbocycles. The maximum absolute atomic E-state index is 12.4. The molecule has 1 aromatic rings. The largest absolute Gasteiger partial charge is 0.330 e. The first kappa shape index (κ1) is 16.0. The van der Waals surface area contributed by atoms with Crippen molar-refractivity contribution in [2.45, 2.75) is 13.3 Å². The van der Waals surface area contributed by atoms with Crippen molar-refractivity contribution in [3.05, 3.63) is 39.1 Å². The molecule has 2 heterocycles. The quantitative estimate of drug-likeness (QED) is 0.724. The van der Waals surface area contributed by atoms with E-state index in [9.17, 15) is 19.2 Å². The summed E-state index contributed by atoms with van der Waals surface area (Å²) in [6, 6.07) is -0.421. The van der Waals surface area contributed by atoms with E-state index >= 15 is 0 Å². The van der Waals surface area contributed by atoms with Gasteiger partial charge in [-0.05, 0) is 13.3 Å². The Kier molecular flexibility index (Phi) is 3.72. The van der Waals surface area contributed by atoms with Crippen LogP contribution in [0.1, 0.15) is 12.5 Å². The molecule has 0 aliphatic carbocycles. The second-order valence-corrected chi connectivity index (χ2v) is 5.89. The minimum Gasteiger partial charge on any atom is -0.321 e. The van der Waals surface area contributed by atoms with Crippen LogP contribution in [-0.2, 0) is 25.3 Å². The molecule has 1 aliphatic heterocycles. The Hall–Kier alpha value is -2.38. The summed E-state index contributed by atoms with van der Waals surface area (Å²) in [6.45, 7) is 3.18. The molecule has 1 aromatic heterocycles. The number of aromatic nitrogens is 2. The van der Waals surface area contributed by atoms with E-state index in [1.807, 2.05) is 0 Å². The average molecular weight is 307 g/mol. The first-order chi connectivity index (χ1) is 10.1. The number of nitrogens with zero attached hydrogens (tertiary/aromatic N) is 4. The lowest BCUT2D eigenvalue weighted by molar-refractivity contribution is -0.138. The zero-order chi connectivity index (χ0) is 16.8. The van der Waals surface area contributed by atoms with Crippen LogP contribution in [0.4, 0.5) is 4.79 Å². The molecule has 1 aliphatic rings. The third-order valence-corrected chi connectivity index (χ3v) is 3.94. The van der Waals surface area contributed by atoms with Gasteiger partial charge in [0.25, 0.3) is 5.56 Å². The highest BCUT2D eigenvalue weighted by molar-refractivity contribution is 6.00. The minimum absolute atomic E-state index is 0.106. The lowest BCUT2D eigenvalue weighted by Gasteiger charge is -2.40. The highest BCUT2D eigenvalue weighted by Crippen LogP contribution is 2.32. The number of imide groups is 1. The molecule has 0 spiro atoms. The van der Waals surface area contributed by atoms with Gasteiger partial charge in [-0.25, -0.2) is 9.59 Å². The number of aryl methyl sites for hydroxylation is 1. The van der Waals surface area contributed by atoms with E-state index in [0.29, 0.717) is 5.56 Å². The van der Waals surface area contributed by atoms with Crippen LogP contribution >= 0.6 is 0 Å². The van der Waals surface area contributed by atoms with Gasteiger partial charge in [0.1, 0.15) is 0 Å². The Labute approximate surface area is 127 Å². The molecule has 0 aromatic carbocycles. The molecule has 2 rings (SSSR count). The van der Waals surface area contributed by atoms with Gasteiger partial charge < -0.3 is 9.47 Å². The van der Waals surface area contributed by atoms with Gasteiger partial charge in [0, 0.05) is 40.0 Å². The van der Waals surface area contributed by atoms with Crippen molar-refractivity contribution in [1.82, 2.24) is 18.9 Å². The van der Waals surface area contributed by atoms with Gasteiger partial charge in [-0.1, -0.05) is 0 Å². The summed E-state index contributed by atoms with van der Waals surface area (Å²) in [5.41, 5.74) is -1.55. The molecule has 1 atom stereocenters. The standard InChI is InChI=1S/C14H19N4O4/c1-14(8-16(3)13(22)18(5)11(14)20)6-9-7-15(2)12(21)17(4)10(9)19/h7-8H,6H2,1-5H3. The summed E-state index contributed by atoms with van der Waals surface area (Å²) >= 11 is 0. The number of rotatable bonds is 2. The van der Waals surface area contributed by atoms with Crippen molar-refractivity contribution in [3.8, 4) is 0 Å². The van der Waals surface area contributed by atoms with E-state index in [2.05, 4.69) is 0 Å². The van der Waals surface area contributed by atoms with Gasteiger partial charge in [-0.3, -0.25) is 19.1 Å². The summed E-state index contributed by atoms with van der Waals surface area (Å²) in [6.07, 6.45) is 1.54. The zero-order valence-electron chi connectivity index (χ0n) is 13.3. The van der Waals surface area contributed by atoms with Gasteiger partial charge in [-0.15, -0.1) is 0 Å². The molecule has 1 unspecified atom stereocenters. The number of hydrogen-bond acceptors (Lipinski definition) is 4. The fourth-order valence-corrected chi connectivity index (χ4v) is 2.77. The van der Waals surface area contributed by atoms with Crippen LogP contribution in [0.25, 0.3) is 0 Å². The van der Waals surface area contributed by atoms with Gasteiger partial charge in [0.15, 0.2) is 0 Å². The molecular formula is C14H19N4O4. The molecule has 8 nitrogen and oxygen atoms in total. The highest BCUT2D eigenvalue weighted by atomic mass is 16.2. The summed E-state index contributed by atoms with van der Waals surface area (Å²) in [5, 5.41) is 0. The van der Waals surface area contributed by atoms with Crippen molar-refractivity contribution in [1.29, 1.82) is 0 Å². The minimum atomic E-state index is -1.03. The number of hydrogen-bond donors (Lipinski definition) is 0. The average Bonchev–Trinajstić information content (AvgIpc) is 2.46. The maximum Gasteiger partial charge on any atom is 0.330 e. The predicted molar refractivity (Wildman–Crippen MR) is 79.0 cm³/mol. The van der Waals surface area contributed by atoms with Gasteiger partial charge in [0.2, 0.25) is 5.91 Å². The first-order valence-corrected chi connectivity index (χ1v) is 6.75. The maximum atomic E-state index is 12.4. The Morgan fingerprint density at radius 2 is 1.64 bits per heavy atom. The van der Waals surface area contributed by atoms with E-state index in [4.69, 9.17) is 0 Å². The van der Waals surface area contributed by atoms with Gasteiger partial charge in [-0.2, -0.15) is 0 Å². The molecular weight excluding hydrogens is 288 g/mol. The smallest absolute Gasteiger partial charge is 0.321 e. The Balaban J connectivity index is 2.46. The van der Waals surface area contributed by atoms with Gasteiger partial charge >= 0.3 is 11.7 Å². The SMILES string of the molecule is CN1[CH]C(C)(Cc2cn(C)c(=O)n(C)c2=O)C(=O)N(C)C1=O. The highest BCUT2D eigenvalue weighted by Gasteiger charge is 2.45. The summed E-state index contributed by atoms with van der Waals surface area (Å²) in [7, 11) is 5.90. The Bertz CT molecular complexity index is 763. The molecule has 0 N–H and O–H groups in total. The predicted octanol–water partition coefficient (Wildman–Crippen LogP) is -0.682. The monoisotopic (exact) mass is 307 g/mol. The summed E-state index contributed by atoms with van der Waals surface area (Å²) in [4.78, 5) is 50.5. The topological polar surface area (TPSA) is 84.6 Å². The van der Waals surface area contributed by atoms with Crippen LogP contribution in [0.15, 0.2) is 15.8 Å². The zero-order valence-corrected chi connectivity index (χ0v) is 13.3. The van der Waals surface area contributed by atoms with E-state index in [1.54, 1.807) is 21.0 Å². The Morgan fingerprint density at radius 3 is 2.23 bits per heavy atom. The molecule has 1 saturated heterocycles. The number of amides is 3. The third-order valence-electron chi connectivity index (χ3n) is 3.94. The van der Waals surface area contributed by atoms with Crippen LogP contribution in [0.5, 0.6) is 0 Å². The van der Waals surface area contributed by atoms with Crippen LogP contribution in [0, 0.1) is 12.0 Å². The van der Waals surface area contributed by atoms with Crippen molar-refractivity contribution < 1.29 is 9.59 Å². The lowest BCUT2D eigenvalue weighted by Crippen LogP contribution is -2.57. The number of urea groups is 1. The summed E-state index contributed by atoms with van der Waals surface area (Å²) < 4.78 is 2.30. The number of carbonyl (C=O) groups is 2. The van der Waals surface area contributed by atoms with Crippen molar-refractivity contribution in [3.63, 3.8) is 0 Å². The summed E-state index contributed by atoms with van der Waals surface area (Å²) in [5.74, 6) is -0.383. The van der Waals surface area contributed by atoms with Crippen LogP contribution in [0.3, 0.4) is 0 Å². The fraction of sp³-hybridized carbons (Fsp3) is 0.500. The third kappa shape index (κ3) is 2.34. The fourth-order valence-electron chi connectivity index (χ4n) is 2.77. The van der Waals surface area contributed by atoms with E-state index < -0.39 is 22.7 Å². The molecule has 0 bridgehead atoms. The molecule has 1 fully saturated rings. The lowest BCUT2D eigenvalue weighted by atomic mass is 9.81. The first-order valence-electron chi connectivity index (χ1n) is 6.75. The van der Waals surface area contributed by atoms with Crippen molar-refractivity contribution in [2.24, 2.45) is 19.5 Å². The Morgan fingerprint density at radius 1 is 1.05 bits per heavy atom. The second-order valence-electron chi connectivity index (χ2n) is 5.89. The molecule has 3 amide bonds. The van der Waals surface area contributed by atoms with E-state index in [1.165, 1.54) is 36.3 Å². The van der Waals surface area contributed by atoms with Crippen LogP contribution in [0.2, 0.25) is 0 Å². The van der Waals surface area contributed by atoms with Crippen LogP contribution < -0.4 is 11.2 Å². The number of carbonyl (C=O) groups excluding carboxylic acids is 2. The molecule has 8 heteroatoms. The van der Waals surface area contributed by atoms with Gasteiger partial charge in [0.05, 0.1) is 12.0 Å². The van der Waals surface area contributed by atoms with Crippen LogP contribution in [-0.4, -0.2) is 45.0 Å².